The number of carbonyl (C=O) groups is 4. The molecule has 0 saturated carbocycles. The number of benzene rings is 2. The highest BCUT2D eigenvalue weighted by molar-refractivity contribution is 14.1. The van der Waals surface area contributed by atoms with E-state index in [1.807, 2.05) is 50.2 Å². The van der Waals surface area contributed by atoms with E-state index in [0.29, 0.717) is 18.4 Å². The second-order valence-corrected chi connectivity index (χ2v) is 8.87. The van der Waals surface area contributed by atoms with Gasteiger partial charge in [-0.1, -0.05) is 82.6 Å². The molecule has 0 spiro atoms. The number of rotatable bonds is 11. The first kappa shape index (κ1) is 35.6. The first-order chi connectivity index (χ1) is 16.8. The molecule has 0 heterocycles. The van der Waals surface area contributed by atoms with Gasteiger partial charge in [0.1, 0.15) is 18.1 Å². The van der Waals surface area contributed by atoms with Crippen molar-refractivity contribution in [2.24, 2.45) is 0 Å². The fraction of sp³-hybridized carbons (Fsp3) is 0.448. The zero-order valence-corrected chi connectivity index (χ0v) is 23.3. The van der Waals surface area contributed by atoms with E-state index < -0.39 is 17.9 Å². The average Bonchev–Trinajstić information content (AvgIpc) is 2.88. The zero-order valence-electron chi connectivity index (χ0n) is 21.1. The van der Waals surface area contributed by atoms with E-state index in [4.69, 9.17) is 4.74 Å². The molecule has 0 amide bonds. The van der Waals surface area contributed by atoms with Crippen molar-refractivity contribution < 1.29 is 28.7 Å². The molecule has 36 heavy (non-hydrogen) atoms. The average molecular weight is 613 g/mol. The molecule has 200 valence electrons. The fourth-order valence-corrected chi connectivity index (χ4v) is 3.24. The molecule has 0 aliphatic rings. The summed E-state index contributed by atoms with van der Waals surface area (Å²) >= 11 is 2.28. The summed E-state index contributed by atoms with van der Waals surface area (Å²) in [6.45, 7) is 4.02. The number of unbranched alkanes of at least 4 members (excludes halogenated alkanes) is 2. The van der Waals surface area contributed by atoms with Crippen LogP contribution < -0.4 is 0 Å². The lowest BCUT2D eigenvalue weighted by Crippen LogP contribution is -2.23. The van der Waals surface area contributed by atoms with E-state index in [9.17, 15) is 19.2 Å². The molecule has 0 N–H and O–H groups in total. The van der Waals surface area contributed by atoms with Crippen molar-refractivity contribution in [2.75, 3.05) is 14.2 Å². The number of halogens is 1. The Morgan fingerprint density at radius 1 is 0.778 bits per heavy atom. The minimum atomic E-state index is -0.771. The number of esters is 2. The molecule has 0 fully saturated rings. The Hall–Kier alpha value is -2.55. The van der Waals surface area contributed by atoms with Crippen LogP contribution in [0.5, 0.6) is 0 Å². The van der Waals surface area contributed by atoms with E-state index in [1.165, 1.54) is 17.8 Å². The van der Waals surface area contributed by atoms with Crippen LogP contribution in [0.2, 0.25) is 0 Å². The molecule has 2 aromatic rings. The normalized spacial score (nSPS) is 10.1. The maximum Gasteiger partial charge on any atom is 0.320 e. The van der Waals surface area contributed by atoms with E-state index in [2.05, 4.69) is 39.5 Å². The lowest BCUT2D eigenvalue weighted by molar-refractivity contribution is -0.146. The van der Waals surface area contributed by atoms with Crippen LogP contribution in [0, 0.1) is 3.57 Å². The SMILES string of the molecule is C.CCCCC(=O)C(C(=O)OC)c1ccccc1.CCCCC(=O)CC(=O)OC.Ic1ccccc1. The van der Waals surface area contributed by atoms with Gasteiger partial charge < -0.3 is 9.47 Å². The molecular formula is C29H41IO6. The van der Waals surface area contributed by atoms with Crippen LogP contribution >= 0.6 is 22.6 Å². The summed E-state index contributed by atoms with van der Waals surface area (Å²) in [4.78, 5) is 45.1. The summed E-state index contributed by atoms with van der Waals surface area (Å²) in [5.41, 5.74) is 0.709. The summed E-state index contributed by atoms with van der Waals surface area (Å²) < 4.78 is 10.3. The minimum absolute atomic E-state index is 0. The molecule has 7 heteroatoms. The fourth-order valence-electron chi connectivity index (χ4n) is 2.82. The second kappa shape index (κ2) is 22.9. The number of hydrogen-bond acceptors (Lipinski definition) is 6. The molecule has 6 nitrogen and oxygen atoms in total. The highest BCUT2D eigenvalue weighted by Crippen LogP contribution is 2.20. The van der Waals surface area contributed by atoms with Crippen LogP contribution in [-0.4, -0.2) is 37.7 Å². The number of methoxy groups -OCH3 is 2. The van der Waals surface area contributed by atoms with E-state index in [0.717, 1.165) is 25.7 Å². The first-order valence-electron chi connectivity index (χ1n) is 11.7. The smallest absolute Gasteiger partial charge is 0.320 e. The van der Waals surface area contributed by atoms with Gasteiger partial charge in [0.25, 0.3) is 0 Å². The van der Waals surface area contributed by atoms with Crippen LogP contribution in [0.15, 0.2) is 60.7 Å². The predicted octanol–water partition coefficient (Wildman–Crippen LogP) is 6.94. The van der Waals surface area contributed by atoms with Crippen LogP contribution in [0.1, 0.15) is 77.7 Å². The third-order valence-electron chi connectivity index (χ3n) is 4.78. The van der Waals surface area contributed by atoms with Crippen molar-refractivity contribution in [1.29, 1.82) is 0 Å². The molecule has 0 aromatic heterocycles. The summed E-state index contributed by atoms with van der Waals surface area (Å²) in [6, 6.07) is 19.3. The second-order valence-electron chi connectivity index (χ2n) is 7.63. The Bertz CT molecular complexity index is 868. The monoisotopic (exact) mass is 612 g/mol. The molecule has 2 rings (SSSR count). The summed E-state index contributed by atoms with van der Waals surface area (Å²) in [6.07, 6.45) is 4.42. The van der Waals surface area contributed by atoms with Gasteiger partial charge in [0.2, 0.25) is 0 Å². The van der Waals surface area contributed by atoms with Crippen LogP contribution in [0.4, 0.5) is 0 Å². The molecule has 0 radical (unpaired) electrons. The molecule has 0 aliphatic carbocycles. The quantitative estimate of drug-likeness (QED) is 0.155. The third-order valence-corrected chi connectivity index (χ3v) is 5.50. The lowest BCUT2D eigenvalue weighted by Gasteiger charge is -2.13. The number of hydrogen-bond donors (Lipinski definition) is 0. The van der Waals surface area contributed by atoms with Crippen molar-refractivity contribution in [3.05, 3.63) is 69.8 Å². The lowest BCUT2D eigenvalue weighted by atomic mass is 9.92. The van der Waals surface area contributed by atoms with Crippen molar-refractivity contribution >= 4 is 46.1 Å². The Labute approximate surface area is 230 Å². The van der Waals surface area contributed by atoms with Gasteiger partial charge in [-0.2, -0.15) is 0 Å². The number of carbonyl (C=O) groups excluding carboxylic acids is 4. The topological polar surface area (TPSA) is 86.7 Å². The molecule has 2 aromatic carbocycles. The standard InChI is InChI=1S/C14H18O3.C8H14O3.C6H5I.CH4/c1-3-4-10-12(15)13(14(16)17-2)11-8-6-5-7-9-11;1-3-4-5-7(9)6-8(10)11-2;7-6-4-2-1-3-5-6;/h5-9,13H,3-4,10H2,1-2H3;3-6H2,1-2H3;1-5H;1H4. The number of ether oxygens (including phenoxy) is 2. The van der Waals surface area contributed by atoms with Gasteiger partial charge in [-0.25, -0.2) is 0 Å². The maximum absolute atomic E-state index is 12.0. The first-order valence-corrected chi connectivity index (χ1v) is 12.8. The van der Waals surface area contributed by atoms with E-state index in [-0.39, 0.29) is 25.4 Å². The Balaban J connectivity index is 0. The minimum Gasteiger partial charge on any atom is -0.469 e. The summed E-state index contributed by atoms with van der Waals surface area (Å²) in [5, 5.41) is 0. The molecular weight excluding hydrogens is 571 g/mol. The van der Waals surface area contributed by atoms with E-state index >= 15 is 0 Å². The van der Waals surface area contributed by atoms with Crippen LogP contribution in [0.3, 0.4) is 0 Å². The molecule has 0 aliphatic heterocycles. The van der Waals surface area contributed by atoms with Gasteiger partial charge in [-0.3, -0.25) is 19.2 Å². The van der Waals surface area contributed by atoms with Gasteiger partial charge in [-0.15, -0.1) is 0 Å². The Kier molecular flexibility index (Phi) is 22.6. The highest BCUT2D eigenvalue weighted by atomic mass is 127. The van der Waals surface area contributed by atoms with Crippen molar-refractivity contribution in [1.82, 2.24) is 0 Å². The largest absolute Gasteiger partial charge is 0.469 e. The van der Waals surface area contributed by atoms with Crippen molar-refractivity contribution in [3.63, 3.8) is 0 Å². The van der Waals surface area contributed by atoms with Crippen LogP contribution in [-0.2, 0) is 28.7 Å². The van der Waals surface area contributed by atoms with Crippen molar-refractivity contribution in [3.8, 4) is 0 Å². The Morgan fingerprint density at radius 2 is 1.28 bits per heavy atom. The van der Waals surface area contributed by atoms with Gasteiger partial charge >= 0.3 is 11.9 Å². The highest BCUT2D eigenvalue weighted by Gasteiger charge is 2.28. The number of Topliss-reactive ketones (excluding diaryl/α,β-unsaturated/α-hetero) is 2. The number of ketones is 2. The Morgan fingerprint density at radius 3 is 1.69 bits per heavy atom. The van der Waals surface area contributed by atoms with Gasteiger partial charge in [0.05, 0.1) is 14.2 Å². The molecule has 0 saturated heterocycles. The third kappa shape index (κ3) is 17.0. The van der Waals surface area contributed by atoms with Gasteiger partial charge in [0, 0.05) is 16.4 Å². The maximum atomic E-state index is 12.0. The predicted molar refractivity (Wildman–Crippen MR) is 153 cm³/mol. The molecule has 0 bridgehead atoms. The van der Waals surface area contributed by atoms with Gasteiger partial charge in [-0.05, 0) is 53.1 Å². The van der Waals surface area contributed by atoms with Crippen LogP contribution in [0.25, 0.3) is 0 Å². The van der Waals surface area contributed by atoms with E-state index in [1.54, 1.807) is 12.1 Å². The summed E-state index contributed by atoms with van der Waals surface area (Å²) in [7, 11) is 2.60. The summed E-state index contributed by atoms with van der Waals surface area (Å²) in [5.74, 6) is -1.78. The molecule has 1 atom stereocenters. The zero-order chi connectivity index (χ0) is 26.5. The van der Waals surface area contributed by atoms with Crippen molar-refractivity contribution in [2.45, 2.75) is 72.1 Å². The molecule has 1 unspecified atom stereocenters. The van der Waals surface area contributed by atoms with Gasteiger partial charge in [0.15, 0.2) is 5.78 Å².